The summed E-state index contributed by atoms with van der Waals surface area (Å²) in [6.07, 6.45) is -4.13. The maximum atomic E-state index is 12.4. The molecule has 0 atom stereocenters. The highest BCUT2D eigenvalue weighted by Gasteiger charge is 2.26. The Hall–Kier alpha value is -0.710. The van der Waals surface area contributed by atoms with Gasteiger partial charge in [-0.25, -0.2) is 4.39 Å². The molecule has 0 nitrogen and oxygen atoms in total. The van der Waals surface area contributed by atoms with E-state index in [9.17, 15) is 17.6 Å². The molecule has 0 amide bonds. The molecule has 1 aromatic carbocycles. The Labute approximate surface area is 83.3 Å². The van der Waals surface area contributed by atoms with Crippen LogP contribution in [0.15, 0.2) is 24.3 Å². The third kappa shape index (κ3) is 4.50. The normalized spacial score (nSPS) is 11.7. The quantitative estimate of drug-likeness (QED) is 0.706. The molecule has 0 fully saturated rings. The van der Waals surface area contributed by atoms with E-state index < -0.39 is 11.9 Å². The molecule has 0 spiro atoms. The lowest BCUT2D eigenvalue weighted by atomic mass is 10.2. The summed E-state index contributed by atoms with van der Waals surface area (Å²) in [6.45, 7) is 0. The molecule has 0 saturated heterocycles. The number of rotatable bonds is 3. The van der Waals surface area contributed by atoms with Crippen LogP contribution in [0.1, 0.15) is 5.56 Å². The van der Waals surface area contributed by atoms with Crippen molar-refractivity contribution in [2.45, 2.75) is 11.9 Å². The zero-order valence-electron chi connectivity index (χ0n) is 7.14. The van der Waals surface area contributed by atoms with Crippen molar-refractivity contribution in [3.63, 3.8) is 0 Å². The first-order valence-electron chi connectivity index (χ1n) is 3.86. The van der Waals surface area contributed by atoms with E-state index >= 15 is 0 Å². The highest BCUT2D eigenvalue weighted by Crippen LogP contribution is 2.23. The molecular formula is C9H8F4S. The molecular weight excluding hydrogens is 216 g/mol. The van der Waals surface area contributed by atoms with Gasteiger partial charge in [-0.15, -0.1) is 11.8 Å². The van der Waals surface area contributed by atoms with Gasteiger partial charge in [0.25, 0.3) is 0 Å². The Morgan fingerprint density at radius 1 is 1.07 bits per heavy atom. The van der Waals surface area contributed by atoms with Crippen LogP contribution in [-0.2, 0) is 5.75 Å². The first kappa shape index (κ1) is 11.4. The van der Waals surface area contributed by atoms with Gasteiger partial charge in [0.05, 0.1) is 5.75 Å². The van der Waals surface area contributed by atoms with E-state index in [0.29, 0.717) is 5.56 Å². The van der Waals surface area contributed by atoms with Crippen LogP contribution in [0, 0.1) is 5.82 Å². The third-order valence-electron chi connectivity index (χ3n) is 1.45. The van der Waals surface area contributed by atoms with Crippen molar-refractivity contribution in [3.8, 4) is 0 Å². The number of hydrogen-bond acceptors (Lipinski definition) is 1. The molecule has 78 valence electrons. The molecule has 0 aliphatic rings. The predicted octanol–water partition coefficient (Wildman–Crippen LogP) is 3.62. The average Bonchev–Trinajstić information content (AvgIpc) is 2.06. The summed E-state index contributed by atoms with van der Waals surface area (Å²) in [5, 5.41) is 0. The van der Waals surface area contributed by atoms with Gasteiger partial charge in [0, 0.05) is 5.75 Å². The number of hydrogen-bond donors (Lipinski definition) is 0. The van der Waals surface area contributed by atoms with Gasteiger partial charge in [-0.3, -0.25) is 0 Å². The second-order valence-electron chi connectivity index (χ2n) is 2.73. The summed E-state index contributed by atoms with van der Waals surface area (Å²) in [5.74, 6) is -1.00. The van der Waals surface area contributed by atoms with Crippen LogP contribution in [0.3, 0.4) is 0 Å². The highest BCUT2D eigenvalue weighted by molar-refractivity contribution is 7.98. The number of alkyl halides is 3. The molecule has 0 aliphatic heterocycles. The van der Waals surface area contributed by atoms with Crippen LogP contribution in [0.5, 0.6) is 0 Å². The van der Waals surface area contributed by atoms with Gasteiger partial charge < -0.3 is 0 Å². The van der Waals surface area contributed by atoms with Crippen molar-refractivity contribution < 1.29 is 17.6 Å². The molecule has 0 saturated carbocycles. The zero-order chi connectivity index (χ0) is 10.6. The fourth-order valence-corrected chi connectivity index (χ4v) is 1.63. The molecule has 5 heteroatoms. The van der Waals surface area contributed by atoms with Gasteiger partial charge in [-0.05, 0) is 17.7 Å². The van der Waals surface area contributed by atoms with Gasteiger partial charge in [0.1, 0.15) is 5.82 Å². The second kappa shape index (κ2) is 4.68. The maximum absolute atomic E-state index is 12.4. The Kier molecular flexibility index (Phi) is 3.80. The van der Waals surface area contributed by atoms with Crippen LogP contribution in [0.4, 0.5) is 17.6 Å². The minimum absolute atomic E-state index is 0.250. The molecule has 0 bridgehead atoms. The maximum Gasteiger partial charge on any atom is 0.397 e. The summed E-state index contributed by atoms with van der Waals surface area (Å²) < 4.78 is 47.6. The van der Waals surface area contributed by atoms with E-state index in [0.717, 1.165) is 11.8 Å². The van der Waals surface area contributed by atoms with E-state index in [4.69, 9.17) is 0 Å². The zero-order valence-corrected chi connectivity index (χ0v) is 7.96. The van der Waals surface area contributed by atoms with Crippen molar-refractivity contribution in [1.29, 1.82) is 0 Å². The Morgan fingerprint density at radius 2 is 1.64 bits per heavy atom. The van der Waals surface area contributed by atoms with E-state index in [1.54, 1.807) is 0 Å². The van der Waals surface area contributed by atoms with Crippen LogP contribution in [-0.4, -0.2) is 11.9 Å². The topological polar surface area (TPSA) is 0 Å². The third-order valence-corrected chi connectivity index (χ3v) is 2.52. The lowest BCUT2D eigenvalue weighted by Crippen LogP contribution is -2.10. The van der Waals surface area contributed by atoms with E-state index in [1.807, 2.05) is 0 Å². The van der Waals surface area contributed by atoms with Crippen LogP contribution in [0.2, 0.25) is 0 Å². The Balaban J connectivity index is 2.35. The Bertz CT molecular complexity index is 278. The van der Waals surface area contributed by atoms with Crippen LogP contribution < -0.4 is 0 Å². The minimum Gasteiger partial charge on any atom is -0.207 e. The summed E-state index contributed by atoms with van der Waals surface area (Å²) in [5.41, 5.74) is 0.695. The molecule has 0 aromatic heterocycles. The van der Waals surface area contributed by atoms with E-state index in [1.165, 1.54) is 24.3 Å². The summed E-state index contributed by atoms with van der Waals surface area (Å²) in [7, 11) is 0. The summed E-state index contributed by atoms with van der Waals surface area (Å²) in [4.78, 5) is 0. The lowest BCUT2D eigenvalue weighted by molar-refractivity contribution is -0.105. The van der Waals surface area contributed by atoms with Crippen molar-refractivity contribution in [1.82, 2.24) is 0 Å². The second-order valence-corrected chi connectivity index (χ2v) is 3.72. The molecule has 0 aliphatic carbocycles. The van der Waals surface area contributed by atoms with Gasteiger partial charge >= 0.3 is 6.18 Å². The number of halogens is 4. The van der Waals surface area contributed by atoms with Crippen molar-refractivity contribution in [2.75, 3.05) is 5.75 Å². The average molecular weight is 224 g/mol. The standard InChI is InChI=1S/C9H8F4S/c10-8-3-1-7(2-4-8)5-14-6-9(11,12)13/h1-4H,5-6H2. The first-order chi connectivity index (χ1) is 6.47. The SMILES string of the molecule is Fc1ccc(CSCC(F)(F)F)cc1. The van der Waals surface area contributed by atoms with Crippen molar-refractivity contribution in [2.24, 2.45) is 0 Å². The predicted molar refractivity (Wildman–Crippen MR) is 48.6 cm³/mol. The largest absolute Gasteiger partial charge is 0.397 e. The van der Waals surface area contributed by atoms with Gasteiger partial charge in [-0.2, -0.15) is 13.2 Å². The highest BCUT2D eigenvalue weighted by atomic mass is 32.2. The van der Waals surface area contributed by atoms with Gasteiger partial charge in [0.15, 0.2) is 0 Å². The Morgan fingerprint density at radius 3 is 2.14 bits per heavy atom. The number of benzene rings is 1. The summed E-state index contributed by atoms with van der Waals surface area (Å²) in [6, 6.07) is 5.45. The molecule has 14 heavy (non-hydrogen) atoms. The number of thioether (sulfide) groups is 1. The van der Waals surface area contributed by atoms with E-state index in [2.05, 4.69) is 0 Å². The lowest BCUT2D eigenvalue weighted by Gasteiger charge is -2.05. The van der Waals surface area contributed by atoms with Crippen molar-refractivity contribution >= 4 is 11.8 Å². The molecule has 0 N–H and O–H groups in total. The smallest absolute Gasteiger partial charge is 0.207 e. The monoisotopic (exact) mass is 224 g/mol. The van der Waals surface area contributed by atoms with Crippen LogP contribution in [0.25, 0.3) is 0 Å². The van der Waals surface area contributed by atoms with Crippen molar-refractivity contribution in [3.05, 3.63) is 35.6 Å². The van der Waals surface area contributed by atoms with E-state index in [-0.39, 0.29) is 11.6 Å². The fourth-order valence-electron chi connectivity index (χ4n) is 0.865. The molecule has 0 radical (unpaired) electrons. The molecule has 1 rings (SSSR count). The molecule has 1 aromatic rings. The first-order valence-corrected chi connectivity index (χ1v) is 5.02. The minimum atomic E-state index is -4.13. The van der Waals surface area contributed by atoms with Gasteiger partial charge in [0.2, 0.25) is 0 Å². The molecule has 0 heterocycles. The molecule has 0 unspecified atom stereocenters. The van der Waals surface area contributed by atoms with Gasteiger partial charge in [-0.1, -0.05) is 12.1 Å². The summed E-state index contributed by atoms with van der Waals surface area (Å²) >= 11 is 0.772. The van der Waals surface area contributed by atoms with Crippen LogP contribution >= 0.6 is 11.8 Å². The fraction of sp³-hybridized carbons (Fsp3) is 0.333.